The van der Waals surface area contributed by atoms with Crippen LogP contribution in [0.1, 0.15) is 33.6 Å². The van der Waals surface area contributed by atoms with Crippen molar-refractivity contribution in [3.63, 3.8) is 0 Å². The first kappa shape index (κ1) is 16.2. The molecule has 0 aliphatic carbocycles. The monoisotopic (exact) mass is 282 g/mol. The fraction of sp³-hybridized carbons (Fsp3) is 0.643. The fourth-order valence-corrected chi connectivity index (χ4v) is 1.98. The average Bonchev–Trinajstić information content (AvgIpc) is 2.77. The zero-order valence-electron chi connectivity index (χ0n) is 12.4. The standard InChI is InChI=1S/C14H22N2O4/c1-5-12(17)15-11(6-9(2)3)14(19)16-8-10(20-4)7-13(16)18/h7,9,11H,5-6,8H2,1-4H3,(H,15,17). The molecule has 0 saturated carbocycles. The molecule has 0 aromatic heterocycles. The van der Waals surface area contributed by atoms with Crippen molar-refractivity contribution in [2.24, 2.45) is 5.92 Å². The number of ether oxygens (including phenoxy) is 1. The van der Waals surface area contributed by atoms with Crippen LogP contribution in [0.2, 0.25) is 0 Å². The molecule has 1 heterocycles. The Morgan fingerprint density at radius 2 is 2.10 bits per heavy atom. The molecule has 0 bridgehead atoms. The van der Waals surface area contributed by atoms with E-state index < -0.39 is 11.9 Å². The molecule has 112 valence electrons. The van der Waals surface area contributed by atoms with Gasteiger partial charge in [-0.15, -0.1) is 0 Å². The zero-order chi connectivity index (χ0) is 15.3. The van der Waals surface area contributed by atoms with Crippen LogP contribution >= 0.6 is 0 Å². The molecule has 1 aliphatic rings. The smallest absolute Gasteiger partial charge is 0.257 e. The summed E-state index contributed by atoms with van der Waals surface area (Å²) in [5, 5.41) is 2.68. The minimum absolute atomic E-state index is 0.130. The van der Waals surface area contributed by atoms with E-state index in [0.29, 0.717) is 18.6 Å². The molecule has 1 N–H and O–H groups in total. The lowest BCUT2D eigenvalue weighted by molar-refractivity contribution is -0.144. The van der Waals surface area contributed by atoms with E-state index in [-0.39, 0.29) is 24.3 Å². The number of imide groups is 1. The van der Waals surface area contributed by atoms with Gasteiger partial charge in [0.2, 0.25) is 5.91 Å². The summed E-state index contributed by atoms with van der Waals surface area (Å²) in [5.41, 5.74) is 0. The minimum Gasteiger partial charge on any atom is -0.499 e. The summed E-state index contributed by atoms with van der Waals surface area (Å²) >= 11 is 0. The summed E-state index contributed by atoms with van der Waals surface area (Å²) in [7, 11) is 1.46. The minimum atomic E-state index is -0.670. The van der Waals surface area contributed by atoms with Gasteiger partial charge in [0.25, 0.3) is 11.8 Å². The quantitative estimate of drug-likeness (QED) is 0.783. The number of rotatable bonds is 6. The Bertz CT molecular complexity index is 429. The average molecular weight is 282 g/mol. The molecule has 0 saturated heterocycles. The number of hydrogen-bond acceptors (Lipinski definition) is 4. The Morgan fingerprint density at radius 3 is 2.55 bits per heavy atom. The number of carbonyl (C=O) groups is 3. The van der Waals surface area contributed by atoms with Crippen LogP contribution < -0.4 is 5.32 Å². The molecule has 6 nitrogen and oxygen atoms in total. The van der Waals surface area contributed by atoms with Gasteiger partial charge in [0.15, 0.2) is 0 Å². The van der Waals surface area contributed by atoms with Gasteiger partial charge in [-0.1, -0.05) is 20.8 Å². The van der Waals surface area contributed by atoms with Crippen LogP contribution in [-0.2, 0) is 19.1 Å². The third-order valence-corrected chi connectivity index (χ3v) is 3.05. The van der Waals surface area contributed by atoms with Crippen LogP contribution in [0, 0.1) is 5.92 Å². The summed E-state index contributed by atoms with van der Waals surface area (Å²) in [6, 6.07) is -0.670. The van der Waals surface area contributed by atoms with Crippen molar-refractivity contribution >= 4 is 17.7 Å². The molecule has 0 spiro atoms. The first-order chi connectivity index (χ1) is 9.38. The molecule has 0 radical (unpaired) electrons. The van der Waals surface area contributed by atoms with Crippen molar-refractivity contribution < 1.29 is 19.1 Å². The van der Waals surface area contributed by atoms with Crippen molar-refractivity contribution in [2.75, 3.05) is 13.7 Å². The Morgan fingerprint density at radius 1 is 1.45 bits per heavy atom. The van der Waals surface area contributed by atoms with Gasteiger partial charge in [-0.3, -0.25) is 19.3 Å². The van der Waals surface area contributed by atoms with E-state index in [9.17, 15) is 14.4 Å². The van der Waals surface area contributed by atoms with Gasteiger partial charge in [-0.25, -0.2) is 0 Å². The molecular formula is C14H22N2O4. The van der Waals surface area contributed by atoms with Gasteiger partial charge < -0.3 is 10.1 Å². The SMILES string of the molecule is CCC(=O)NC(CC(C)C)C(=O)N1CC(OC)=CC1=O. The molecule has 6 heteroatoms. The summed E-state index contributed by atoms with van der Waals surface area (Å²) in [5.74, 6) is -0.294. The highest BCUT2D eigenvalue weighted by molar-refractivity contribution is 6.05. The molecule has 0 fully saturated rings. The van der Waals surface area contributed by atoms with E-state index in [1.165, 1.54) is 13.2 Å². The summed E-state index contributed by atoms with van der Waals surface area (Å²) in [6.45, 7) is 5.77. The van der Waals surface area contributed by atoms with E-state index in [0.717, 1.165) is 4.90 Å². The summed E-state index contributed by atoms with van der Waals surface area (Å²) in [4.78, 5) is 36.8. The second-order valence-corrected chi connectivity index (χ2v) is 5.18. The van der Waals surface area contributed by atoms with Crippen LogP contribution in [0.4, 0.5) is 0 Å². The van der Waals surface area contributed by atoms with E-state index in [2.05, 4.69) is 5.32 Å². The lowest BCUT2D eigenvalue weighted by atomic mass is 10.0. The predicted octanol–water partition coefficient (Wildman–Crippen LogP) is 0.826. The summed E-state index contributed by atoms with van der Waals surface area (Å²) in [6.07, 6.45) is 2.10. The lowest BCUT2D eigenvalue weighted by Gasteiger charge is -2.24. The third-order valence-electron chi connectivity index (χ3n) is 3.05. The molecular weight excluding hydrogens is 260 g/mol. The maximum atomic E-state index is 12.4. The van der Waals surface area contributed by atoms with E-state index >= 15 is 0 Å². The summed E-state index contributed by atoms with van der Waals surface area (Å²) < 4.78 is 4.98. The van der Waals surface area contributed by atoms with Crippen molar-refractivity contribution in [3.05, 3.63) is 11.8 Å². The van der Waals surface area contributed by atoms with Gasteiger partial charge in [0.1, 0.15) is 11.8 Å². The van der Waals surface area contributed by atoms with Crippen LogP contribution in [0.15, 0.2) is 11.8 Å². The normalized spacial score (nSPS) is 16.1. The van der Waals surface area contributed by atoms with Crippen LogP contribution in [0.3, 0.4) is 0 Å². The number of nitrogens with one attached hydrogen (secondary N) is 1. The van der Waals surface area contributed by atoms with E-state index in [1.54, 1.807) is 6.92 Å². The Hall–Kier alpha value is -1.85. The van der Waals surface area contributed by atoms with Gasteiger partial charge in [0, 0.05) is 12.5 Å². The third kappa shape index (κ3) is 4.08. The van der Waals surface area contributed by atoms with Gasteiger partial charge in [-0.05, 0) is 12.3 Å². The maximum Gasteiger partial charge on any atom is 0.257 e. The van der Waals surface area contributed by atoms with Gasteiger partial charge in [0.05, 0.1) is 13.7 Å². The Labute approximate surface area is 119 Å². The first-order valence-electron chi connectivity index (χ1n) is 6.78. The Kier molecular flexibility index (Phi) is 5.73. The number of nitrogens with zero attached hydrogens (tertiary/aromatic N) is 1. The maximum absolute atomic E-state index is 12.4. The number of hydrogen-bond donors (Lipinski definition) is 1. The largest absolute Gasteiger partial charge is 0.499 e. The highest BCUT2D eigenvalue weighted by atomic mass is 16.5. The van der Waals surface area contributed by atoms with Crippen LogP contribution in [0.5, 0.6) is 0 Å². The molecule has 0 aromatic carbocycles. The molecule has 0 aromatic rings. The molecule has 1 aliphatic heterocycles. The highest BCUT2D eigenvalue weighted by Crippen LogP contribution is 2.15. The van der Waals surface area contributed by atoms with Gasteiger partial charge >= 0.3 is 0 Å². The van der Waals surface area contributed by atoms with E-state index in [1.807, 2.05) is 13.8 Å². The lowest BCUT2D eigenvalue weighted by Crippen LogP contribution is -2.49. The van der Waals surface area contributed by atoms with Gasteiger partial charge in [-0.2, -0.15) is 0 Å². The zero-order valence-corrected chi connectivity index (χ0v) is 12.4. The molecule has 1 rings (SSSR count). The molecule has 1 atom stereocenters. The topological polar surface area (TPSA) is 75.7 Å². The second-order valence-electron chi connectivity index (χ2n) is 5.18. The van der Waals surface area contributed by atoms with E-state index in [4.69, 9.17) is 4.74 Å². The second kappa shape index (κ2) is 7.07. The van der Waals surface area contributed by atoms with Crippen LogP contribution in [-0.4, -0.2) is 42.3 Å². The number of methoxy groups -OCH3 is 1. The number of amides is 3. The molecule has 3 amide bonds. The molecule has 1 unspecified atom stereocenters. The Balaban J connectivity index is 2.78. The highest BCUT2D eigenvalue weighted by Gasteiger charge is 2.33. The molecule has 20 heavy (non-hydrogen) atoms. The predicted molar refractivity (Wildman–Crippen MR) is 73.5 cm³/mol. The first-order valence-corrected chi connectivity index (χ1v) is 6.78. The van der Waals surface area contributed by atoms with Crippen molar-refractivity contribution in [2.45, 2.75) is 39.7 Å². The van der Waals surface area contributed by atoms with Crippen molar-refractivity contribution in [3.8, 4) is 0 Å². The number of carbonyl (C=O) groups excluding carboxylic acids is 3. The van der Waals surface area contributed by atoms with Crippen molar-refractivity contribution in [1.82, 2.24) is 10.2 Å². The van der Waals surface area contributed by atoms with Crippen LogP contribution in [0.25, 0.3) is 0 Å². The fourth-order valence-electron chi connectivity index (χ4n) is 1.98. The van der Waals surface area contributed by atoms with Crippen molar-refractivity contribution in [1.29, 1.82) is 0 Å².